The minimum absolute atomic E-state index is 0.00181. The van der Waals surface area contributed by atoms with Crippen molar-refractivity contribution in [2.45, 2.75) is 29.7 Å². The molecular formula is C7H12Cl2O2. The Morgan fingerprint density at radius 3 is 2.45 bits per heavy atom. The molecule has 1 fully saturated rings. The Kier molecular flexibility index (Phi) is 3.44. The minimum atomic E-state index is -0.600. The Balaban J connectivity index is 2.51. The molecule has 0 heterocycles. The lowest BCUT2D eigenvalue weighted by molar-refractivity contribution is 0.0404. The van der Waals surface area contributed by atoms with Crippen molar-refractivity contribution in [3.8, 4) is 0 Å². The van der Waals surface area contributed by atoms with Gasteiger partial charge in [0.2, 0.25) is 0 Å². The highest BCUT2D eigenvalue weighted by atomic mass is 35.5. The number of aliphatic hydroxyl groups is 2. The van der Waals surface area contributed by atoms with E-state index in [4.69, 9.17) is 28.3 Å². The third kappa shape index (κ3) is 2.22. The molecule has 1 rings (SSSR count). The van der Waals surface area contributed by atoms with E-state index in [2.05, 4.69) is 0 Å². The zero-order chi connectivity index (χ0) is 8.43. The Bertz CT molecular complexity index is 132. The lowest BCUT2D eigenvalue weighted by Gasteiger charge is -2.32. The molecule has 0 amide bonds. The number of hydrogen-bond acceptors (Lipinski definition) is 2. The van der Waals surface area contributed by atoms with E-state index in [1.807, 2.05) is 0 Å². The van der Waals surface area contributed by atoms with Crippen molar-refractivity contribution in [3.63, 3.8) is 0 Å². The third-order valence-electron chi connectivity index (χ3n) is 2.13. The number of rotatable bonds is 1. The van der Waals surface area contributed by atoms with Crippen molar-refractivity contribution in [1.29, 1.82) is 0 Å². The molecular weight excluding hydrogens is 187 g/mol. The van der Waals surface area contributed by atoms with Crippen molar-refractivity contribution in [2.24, 2.45) is 5.92 Å². The SMILES string of the molecule is OCC1CC(Cl)CC(Cl)C1O. The monoisotopic (exact) mass is 198 g/mol. The maximum Gasteiger partial charge on any atom is 0.0754 e. The van der Waals surface area contributed by atoms with Gasteiger partial charge in [0.1, 0.15) is 0 Å². The zero-order valence-corrected chi connectivity index (χ0v) is 7.59. The highest BCUT2D eigenvalue weighted by Gasteiger charge is 2.34. The van der Waals surface area contributed by atoms with Crippen LogP contribution in [-0.4, -0.2) is 33.7 Å². The predicted molar refractivity (Wildman–Crippen MR) is 45.1 cm³/mol. The lowest BCUT2D eigenvalue weighted by Crippen LogP contribution is -2.40. The van der Waals surface area contributed by atoms with Gasteiger partial charge in [-0.05, 0) is 12.8 Å². The molecule has 66 valence electrons. The van der Waals surface area contributed by atoms with Gasteiger partial charge in [-0.15, -0.1) is 23.2 Å². The van der Waals surface area contributed by atoms with Crippen LogP contribution in [0.2, 0.25) is 0 Å². The molecule has 0 radical (unpaired) electrons. The third-order valence-corrected chi connectivity index (χ3v) is 2.92. The topological polar surface area (TPSA) is 40.5 Å². The van der Waals surface area contributed by atoms with Crippen molar-refractivity contribution in [1.82, 2.24) is 0 Å². The fourth-order valence-electron chi connectivity index (χ4n) is 1.43. The second-order valence-electron chi connectivity index (χ2n) is 3.02. The number of halogens is 2. The summed E-state index contributed by atoms with van der Waals surface area (Å²) < 4.78 is 0. The van der Waals surface area contributed by atoms with Gasteiger partial charge in [0, 0.05) is 17.9 Å². The summed E-state index contributed by atoms with van der Waals surface area (Å²) in [5, 5.41) is 17.9. The zero-order valence-electron chi connectivity index (χ0n) is 6.08. The van der Waals surface area contributed by atoms with Gasteiger partial charge in [0.25, 0.3) is 0 Å². The largest absolute Gasteiger partial charge is 0.396 e. The van der Waals surface area contributed by atoms with E-state index in [9.17, 15) is 5.11 Å². The molecule has 1 aliphatic rings. The minimum Gasteiger partial charge on any atom is -0.396 e. The molecule has 2 nitrogen and oxygen atoms in total. The van der Waals surface area contributed by atoms with Crippen molar-refractivity contribution in [3.05, 3.63) is 0 Å². The molecule has 0 aromatic rings. The van der Waals surface area contributed by atoms with Gasteiger partial charge < -0.3 is 10.2 Å². The molecule has 4 atom stereocenters. The van der Waals surface area contributed by atoms with Gasteiger partial charge in [0.15, 0.2) is 0 Å². The van der Waals surface area contributed by atoms with E-state index in [0.29, 0.717) is 12.8 Å². The summed E-state index contributed by atoms with van der Waals surface area (Å²) in [5.41, 5.74) is 0. The van der Waals surface area contributed by atoms with Crippen LogP contribution in [0.5, 0.6) is 0 Å². The second kappa shape index (κ2) is 3.94. The molecule has 1 saturated carbocycles. The molecule has 0 aliphatic heterocycles. The first-order valence-corrected chi connectivity index (χ1v) is 4.59. The van der Waals surface area contributed by atoms with Crippen LogP contribution in [0.1, 0.15) is 12.8 Å². The molecule has 0 bridgehead atoms. The number of aliphatic hydroxyl groups excluding tert-OH is 2. The van der Waals surface area contributed by atoms with Gasteiger partial charge in [-0.1, -0.05) is 0 Å². The molecule has 1 aliphatic carbocycles. The van der Waals surface area contributed by atoms with E-state index in [-0.39, 0.29) is 23.3 Å². The maximum atomic E-state index is 9.40. The van der Waals surface area contributed by atoms with Gasteiger partial charge in [0.05, 0.1) is 11.5 Å². The number of hydrogen-bond donors (Lipinski definition) is 2. The molecule has 0 aromatic carbocycles. The summed E-state index contributed by atoms with van der Waals surface area (Å²) in [6.07, 6.45) is 0.681. The highest BCUT2D eigenvalue weighted by Crippen LogP contribution is 2.31. The Morgan fingerprint density at radius 2 is 1.91 bits per heavy atom. The molecule has 0 saturated heterocycles. The van der Waals surface area contributed by atoms with E-state index >= 15 is 0 Å². The summed E-state index contributed by atoms with van der Waals surface area (Å²) in [6.45, 7) is -0.0341. The van der Waals surface area contributed by atoms with Gasteiger partial charge >= 0.3 is 0 Å². The first-order valence-electron chi connectivity index (χ1n) is 3.72. The maximum absolute atomic E-state index is 9.40. The van der Waals surface area contributed by atoms with Gasteiger partial charge in [-0.25, -0.2) is 0 Å². The molecule has 11 heavy (non-hydrogen) atoms. The fraction of sp³-hybridized carbons (Fsp3) is 1.00. The Hall–Kier alpha value is 0.500. The van der Waals surface area contributed by atoms with E-state index in [0.717, 1.165) is 0 Å². The van der Waals surface area contributed by atoms with Crippen LogP contribution in [0.15, 0.2) is 0 Å². The molecule has 2 N–H and O–H groups in total. The lowest BCUT2D eigenvalue weighted by atomic mass is 9.86. The fourth-order valence-corrected chi connectivity index (χ4v) is 2.36. The van der Waals surface area contributed by atoms with Crippen molar-refractivity contribution in [2.75, 3.05) is 6.61 Å². The highest BCUT2D eigenvalue weighted by molar-refractivity contribution is 6.24. The normalized spacial score (nSPS) is 45.8. The summed E-state index contributed by atoms with van der Waals surface area (Å²) in [4.78, 5) is 0. The van der Waals surface area contributed by atoms with Crippen LogP contribution < -0.4 is 0 Å². The smallest absolute Gasteiger partial charge is 0.0754 e. The summed E-state index contributed by atoms with van der Waals surface area (Å²) in [7, 11) is 0. The number of alkyl halides is 2. The second-order valence-corrected chi connectivity index (χ2v) is 4.20. The molecule has 4 heteroatoms. The molecule has 4 unspecified atom stereocenters. The van der Waals surface area contributed by atoms with Crippen LogP contribution in [0.3, 0.4) is 0 Å². The predicted octanol–water partition coefficient (Wildman–Crippen LogP) is 0.964. The van der Waals surface area contributed by atoms with E-state index < -0.39 is 6.10 Å². The van der Waals surface area contributed by atoms with Gasteiger partial charge in [-0.3, -0.25) is 0 Å². The molecule has 0 aromatic heterocycles. The van der Waals surface area contributed by atoms with Crippen LogP contribution in [0.4, 0.5) is 0 Å². The quantitative estimate of drug-likeness (QED) is 0.617. The summed E-state index contributed by atoms with van der Waals surface area (Å²) in [6, 6.07) is 0. The first-order chi connectivity index (χ1) is 5.15. The van der Waals surface area contributed by atoms with Crippen LogP contribution in [0, 0.1) is 5.92 Å². The Labute approximate surface area is 76.1 Å². The summed E-state index contributed by atoms with van der Waals surface area (Å²) in [5.74, 6) is -0.145. The van der Waals surface area contributed by atoms with Crippen LogP contribution in [-0.2, 0) is 0 Å². The average molecular weight is 199 g/mol. The first kappa shape index (κ1) is 9.59. The Morgan fingerprint density at radius 1 is 1.27 bits per heavy atom. The van der Waals surface area contributed by atoms with E-state index in [1.54, 1.807) is 0 Å². The van der Waals surface area contributed by atoms with Crippen LogP contribution in [0.25, 0.3) is 0 Å². The molecule has 0 spiro atoms. The van der Waals surface area contributed by atoms with Crippen molar-refractivity contribution >= 4 is 23.2 Å². The van der Waals surface area contributed by atoms with Gasteiger partial charge in [-0.2, -0.15) is 0 Å². The van der Waals surface area contributed by atoms with E-state index in [1.165, 1.54) is 0 Å². The average Bonchev–Trinajstić information content (AvgIpc) is 1.96. The standard InChI is InChI=1S/C7H12Cl2O2/c8-5-1-4(3-10)7(11)6(9)2-5/h4-7,10-11H,1-3H2. The van der Waals surface area contributed by atoms with Crippen LogP contribution >= 0.6 is 23.2 Å². The summed E-state index contributed by atoms with van der Waals surface area (Å²) >= 11 is 11.6. The van der Waals surface area contributed by atoms with Crippen molar-refractivity contribution < 1.29 is 10.2 Å².